The highest BCUT2D eigenvalue weighted by atomic mass is 35.5. The minimum Gasteiger partial charge on any atom is -0.258 e. The molecule has 1 aromatic carbocycles. The Morgan fingerprint density at radius 3 is 2.75 bits per heavy atom. The molecule has 0 fully saturated rings. The lowest BCUT2D eigenvalue weighted by molar-refractivity contribution is -0.384. The molecule has 100 valence electrons. The van der Waals surface area contributed by atoms with E-state index in [-0.39, 0.29) is 10.7 Å². The number of nitriles is 1. The Labute approximate surface area is 124 Å². The minimum atomic E-state index is -0.482. The zero-order valence-electron chi connectivity index (χ0n) is 10.5. The first-order chi connectivity index (χ1) is 9.54. The Morgan fingerprint density at radius 1 is 1.45 bits per heavy atom. The third-order valence-corrected chi connectivity index (χ3v) is 4.05. The number of nitro benzene ring substituents is 1. The third kappa shape index (κ3) is 2.72. The lowest BCUT2D eigenvalue weighted by atomic mass is 10.0. The first-order valence-corrected chi connectivity index (χ1v) is 6.89. The van der Waals surface area contributed by atoms with Gasteiger partial charge >= 0.3 is 0 Å². The first kappa shape index (κ1) is 14.3. The van der Waals surface area contributed by atoms with Crippen molar-refractivity contribution >= 4 is 39.2 Å². The quantitative estimate of drug-likeness (QED) is 0.473. The molecule has 2 rings (SSSR count). The van der Waals surface area contributed by atoms with Crippen molar-refractivity contribution < 1.29 is 4.92 Å². The molecule has 0 aliphatic carbocycles. The molecule has 1 heterocycles. The second kappa shape index (κ2) is 5.87. The fourth-order valence-electron chi connectivity index (χ4n) is 1.73. The summed E-state index contributed by atoms with van der Waals surface area (Å²) in [7, 11) is 0. The highest BCUT2D eigenvalue weighted by Gasteiger charge is 2.15. The molecule has 0 radical (unpaired) electrons. The van der Waals surface area contributed by atoms with Crippen LogP contribution in [0.5, 0.6) is 0 Å². The average molecular weight is 305 g/mol. The van der Waals surface area contributed by atoms with Crippen molar-refractivity contribution in [1.29, 1.82) is 5.26 Å². The number of benzene rings is 1. The molecule has 0 atom stereocenters. The van der Waals surface area contributed by atoms with Crippen molar-refractivity contribution in [3.05, 3.63) is 61.8 Å². The molecule has 0 bridgehead atoms. The van der Waals surface area contributed by atoms with E-state index in [1.54, 1.807) is 19.1 Å². The van der Waals surface area contributed by atoms with Crippen LogP contribution in [0.3, 0.4) is 0 Å². The van der Waals surface area contributed by atoms with Crippen LogP contribution >= 0.6 is 22.9 Å². The Bertz CT molecular complexity index is 730. The summed E-state index contributed by atoms with van der Waals surface area (Å²) in [5.41, 5.74) is 1.56. The average Bonchev–Trinajstić information content (AvgIpc) is 2.93. The molecule has 0 N–H and O–H groups in total. The van der Waals surface area contributed by atoms with E-state index in [1.807, 2.05) is 11.4 Å². The second-order valence-electron chi connectivity index (χ2n) is 4.03. The largest absolute Gasteiger partial charge is 0.270 e. The number of nitrogens with zero attached hydrogens (tertiary/aromatic N) is 2. The molecule has 1 aromatic heterocycles. The maximum Gasteiger partial charge on any atom is 0.270 e. The van der Waals surface area contributed by atoms with Gasteiger partial charge in [0, 0.05) is 22.6 Å². The predicted molar refractivity (Wildman–Crippen MR) is 80.4 cm³/mol. The van der Waals surface area contributed by atoms with E-state index in [1.165, 1.54) is 23.5 Å². The van der Waals surface area contributed by atoms with Gasteiger partial charge in [0.2, 0.25) is 0 Å². The number of thiophene rings is 1. The number of allylic oxidation sites excluding steroid dienone is 1. The number of non-ortho nitro benzene ring substituents is 1. The molecular formula is C14H9ClN2O2S. The van der Waals surface area contributed by atoms with Gasteiger partial charge in [-0.3, -0.25) is 10.1 Å². The number of hydrogen-bond acceptors (Lipinski definition) is 4. The Kier molecular flexibility index (Phi) is 4.18. The van der Waals surface area contributed by atoms with Gasteiger partial charge in [0.25, 0.3) is 5.69 Å². The molecule has 0 saturated heterocycles. The number of hydrogen-bond donors (Lipinski definition) is 0. The van der Waals surface area contributed by atoms with Gasteiger partial charge in [0.05, 0.1) is 15.5 Å². The van der Waals surface area contributed by atoms with Crippen molar-refractivity contribution in [1.82, 2.24) is 0 Å². The smallest absolute Gasteiger partial charge is 0.258 e. The van der Waals surface area contributed by atoms with Gasteiger partial charge in [-0.2, -0.15) is 5.26 Å². The Hall–Kier alpha value is -2.16. The van der Waals surface area contributed by atoms with Crippen molar-refractivity contribution in [2.75, 3.05) is 0 Å². The molecule has 0 amide bonds. The van der Waals surface area contributed by atoms with Crippen LogP contribution in [-0.2, 0) is 0 Å². The van der Waals surface area contributed by atoms with Crippen LogP contribution in [0.1, 0.15) is 16.0 Å². The van der Waals surface area contributed by atoms with Crippen molar-refractivity contribution in [3.8, 4) is 6.07 Å². The van der Waals surface area contributed by atoms with Crippen LogP contribution in [0, 0.1) is 28.4 Å². The topological polar surface area (TPSA) is 66.9 Å². The molecule has 0 unspecified atom stereocenters. The van der Waals surface area contributed by atoms with Crippen molar-refractivity contribution in [3.63, 3.8) is 0 Å². The van der Waals surface area contributed by atoms with Gasteiger partial charge in [0.1, 0.15) is 6.07 Å². The van der Waals surface area contributed by atoms with Gasteiger partial charge < -0.3 is 0 Å². The second-order valence-corrected chi connectivity index (χ2v) is 5.36. The molecule has 0 saturated carbocycles. The van der Waals surface area contributed by atoms with E-state index in [9.17, 15) is 15.4 Å². The number of rotatable bonds is 3. The lowest BCUT2D eigenvalue weighted by Crippen LogP contribution is -1.93. The molecule has 4 nitrogen and oxygen atoms in total. The molecule has 2 aromatic rings. The third-order valence-electron chi connectivity index (χ3n) is 2.77. The Balaban J connectivity index is 2.63. The summed E-state index contributed by atoms with van der Waals surface area (Å²) in [5, 5.41) is 22.2. The van der Waals surface area contributed by atoms with Crippen LogP contribution in [-0.4, -0.2) is 4.92 Å². The predicted octanol–water partition coefficient (Wildman–Crippen LogP) is 4.60. The van der Waals surface area contributed by atoms with E-state index in [0.29, 0.717) is 11.1 Å². The maximum absolute atomic E-state index is 10.8. The molecule has 20 heavy (non-hydrogen) atoms. The molecular weight excluding hydrogens is 296 g/mol. The van der Waals surface area contributed by atoms with Crippen LogP contribution in [0.2, 0.25) is 0 Å². The monoisotopic (exact) mass is 304 g/mol. The molecule has 0 spiro atoms. The summed E-state index contributed by atoms with van der Waals surface area (Å²) in [6.07, 6.45) is 0. The van der Waals surface area contributed by atoms with E-state index < -0.39 is 4.92 Å². The van der Waals surface area contributed by atoms with Gasteiger partial charge in [-0.05, 0) is 23.9 Å². The standard InChI is InChI=1S/C14H9ClN2O2S/c1-9-4-5-10(17(18)19)7-11(9)14(15)12(8-16)13-3-2-6-20-13/h2-7H,1H3. The van der Waals surface area contributed by atoms with Crippen LogP contribution in [0.25, 0.3) is 10.6 Å². The van der Waals surface area contributed by atoms with E-state index >= 15 is 0 Å². The van der Waals surface area contributed by atoms with Gasteiger partial charge in [0.15, 0.2) is 0 Å². The summed E-state index contributed by atoms with van der Waals surface area (Å²) < 4.78 is 0. The molecule has 0 aliphatic heterocycles. The van der Waals surface area contributed by atoms with Gasteiger partial charge in [-0.1, -0.05) is 23.7 Å². The van der Waals surface area contributed by atoms with Crippen LogP contribution in [0.4, 0.5) is 5.69 Å². The minimum absolute atomic E-state index is 0.0489. The fraction of sp³-hybridized carbons (Fsp3) is 0.0714. The zero-order chi connectivity index (χ0) is 14.7. The summed E-state index contributed by atoms with van der Waals surface area (Å²) in [4.78, 5) is 11.1. The van der Waals surface area contributed by atoms with Crippen LogP contribution in [0.15, 0.2) is 35.7 Å². The lowest BCUT2D eigenvalue weighted by Gasteiger charge is -2.06. The number of halogens is 1. The summed E-state index contributed by atoms with van der Waals surface area (Å²) in [6, 6.07) is 10.1. The zero-order valence-corrected chi connectivity index (χ0v) is 12.0. The summed E-state index contributed by atoms with van der Waals surface area (Å²) in [5.74, 6) is 0. The highest BCUT2D eigenvalue weighted by molar-refractivity contribution is 7.11. The fourth-order valence-corrected chi connectivity index (χ4v) is 2.86. The van der Waals surface area contributed by atoms with Crippen LogP contribution < -0.4 is 0 Å². The SMILES string of the molecule is Cc1ccc([N+](=O)[O-])cc1C(Cl)=C(C#N)c1cccs1. The van der Waals surface area contributed by atoms with Gasteiger partial charge in [-0.25, -0.2) is 0 Å². The van der Waals surface area contributed by atoms with E-state index in [4.69, 9.17) is 11.6 Å². The summed E-state index contributed by atoms with van der Waals surface area (Å²) in [6.45, 7) is 1.80. The normalized spacial score (nSPS) is 11.7. The number of aryl methyl sites for hydroxylation is 1. The summed E-state index contributed by atoms with van der Waals surface area (Å²) >= 11 is 7.68. The van der Waals surface area contributed by atoms with E-state index in [2.05, 4.69) is 6.07 Å². The first-order valence-electron chi connectivity index (χ1n) is 5.63. The number of nitro groups is 1. The van der Waals surface area contributed by atoms with E-state index in [0.717, 1.165) is 10.4 Å². The van der Waals surface area contributed by atoms with Gasteiger partial charge in [-0.15, -0.1) is 11.3 Å². The highest BCUT2D eigenvalue weighted by Crippen LogP contribution is 2.34. The molecule has 6 heteroatoms. The Morgan fingerprint density at radius 2 is 2.20 bits per heavy atom. The molecule has 0 aliphatic rings. The van der Waals surface area contributed by atoms with Crippen molar-refractivity contribution in [2.24, 2.45) is 0 Å². The van der Waals surface area contributed by atoms with Crippen molar-refractivity contribution in [2.45, 2.75) is 6.92 Å². The maximum atomic E-state index is 10.8.